The van der Waals surface area contributed by atoms with Gasteiger partial charge in [-0.1, -0.05) is 25.5 Å². The van der Waals surface area contributed by atoms with Gasteiger partial charge in [0.2, 0.25) is 0 Å². The van der Waals surface area contributed by atoms with E-state index in [1.165, 1.54) is 0 Å². The normalized spacial score (nSPS) is 11.7. The third kappa shape index (κ3) is 3.57. The zero-order valence-corrected chi connectivity index (χ0v) is 11.1. The molecule has 1 aromatic rings. The van der Waals surface area contributed by atoms with E-state index in [1.807, 2.05) is 12.1 Å². The van der Waals surface area contributed by atoms with Crippen LogP contribution in [0, 0.1) is 5.41 Å². The number of benzene rings is 1. The quantitative estimate of drug-likeness (QED) is 0.761. The lowest BCUT2D eigenvalue weighted by Gasteiger charge is -2.29. The van der Waals surface area contributed by atoms with Crippen molar-refractivity contribution in [3.63, 3.8) is 0 Å². The summed E-state index contributed by atoms with van der Waals surface area (Å²) in [4.78, 5) is 0. The van der Waals surface area contributed by atoms with Crippen molar-refractivity contribution < 1.29 is 5.11 Å². The Morgan fingerprint density at radius 3 is 2.44 bits per heavy atom. The van der Waals surface area contributed by atoms with E-state index in [-0.39, 0.29) is 5.41 Å². The van der Waals surface area contributed by atoms with Crippen LogP contribution in [-0.2, 0) is 6.42 Å². The van der Waals surface area contributed by atoms with Crippen LogP contribution >= 0.6 is 23.2 Å². The van der Waals surface area contributed by atoms with E-state index in [1.54, 1.807) is 12.1 Å². The second kappa shape index (κ2) is 6.36. The SMILES string of the molecule is CCCC(CCl)(CCl)Cc1cccc(O)c1. The molecule has 0 unspecified atom stereocenters. The molecule has 3 heteroatoms. The molecule has 0 bridgehead atoms. The van der Waals surface area contributed by atoms with Crippen molar-refractivity contribution >= 4 is 23.2 Å². The summed E-state index contributed by atoms with van der Waals surface area (Å²) in [6, 6.07) is 7.31. The minimum Gasteiger partial charge on any atom is -0.508 e. The molecule has 1 N–H and O–H groups in total. The van der Waals surface area contributed by atoms with Crippen molar-refractivity contribution in [1.82, 2.24) is 0 Å². The van der Waals surface area contributed by atoms with Gasteiger partial charge in [-0.3, -0.25) is 0 Å². The standard InChI is InChI=1S/C13H18Cl2O/c1-2-6-13(9-14,10-15)8-11-4-3-5-12(16)7-11/h3-5,7,16H,2,6,8-10H2,1H3. The molecular weight excluding hydrogens is 243 g/mol. The maximum atomic E-state index is 9.42. The highest BCUT2D eigenvalue weighted by molar-refractivity contribution is 6.21. The van der Waals surface area contributed by atoms with E-state index in [0.29, 0.717) is 17.5 Å². The first kappa shape index (κ1) is 13.7. The Kier molecular flexibility index (Phi) is 5.43. The molecule has 0 aliphatic rings. The van der Waals surface area contributed by atoms with E-state index in [2.05, 4.69) is 6.92 Å². The average molecular weight is 261 g/mol. The summed E-state index contributed by atoms with van der Waals surface area (Å²) in [5.74, 6) is 1.41. The average Bonchev–Trinajstić information content (AvgIpc) is 2.28. The maximum absolute atomic E-state index is 9.42. The molecule has 0 amide bonds. The van der Waals surface area contributed by atoms with Gasteiger partial charge in [-0.2, -0.15) is 0 Å². The first-order valence-electron chi connectivity index (χ1n) is 5.55. The first-order valence-corrected chi connectivity index (χ1v) is 6.62. The van der Waals surface area contributed by atoms with Crippen LogP contribution in [0.5, 0.6) is 5.75 Å². The molecule has 1 rings (SSSR count). The maximum Gasteiger partial charge on any atom is 0.115 e. The Morgan fingerprint density at radius 1 is 1.25 bits per heavy atom. The number of aromatic hydroxyl groups is 1. The monoisotopic (exact) mass is 260 g/mol. The summed E-state index contributed by atoms with van der Waals surface area (Å²) in [6.07, 6.45) is 2.90. The van der Waals surface area contributed by atoms with Crippen molar-refractivity contribution in [2.24, 2.45) is 5.41 Å². The van der Waals surface area contributed by atoms with Crippen LogP contribution < -0.4 is 0 Å². The molecular formula is C13H18Cl2O. The summed E-state index contributed by atoms with van der Waals surface area (Å²) in [5, 5.41) is 9.42. The minimum atomic E-state index is -0.0499. The Labute approximate surface area is 107 Å². The summed E-state index contributed by atoms with van der Waals surface area (Å²) >= 11 is 12.1. The Balaban J connectivity index is 2.82. The molecule has 0 saturated carbocycles. The lowest BCUT2D eigenvalue weighted by atomic mass is 9.81. The van der Waals surface area contributed by atoms with Crippen LogP contribution in [-0.4, -0.2) is 16.9 Å². The second-order valence-electron chi connectivity index (χ2n) is 4.36. The fourth-order valence-corrected chi connectivity index (χ4v) is 2.72. The molecule has 0 aliphatic carbocycles. The third-order valence-electron chi connectivity index (χ3n) is 2.84. The van der Waals surface area contributed by atoms with Gasteiger partial charge in [-0.25, -0.2) is 0 Å². The van der Waals surface area contributed by atoms with Crippen LogP contribution in [0.3, 0.4) is 0 Å². The Morgan fingerprint density at radius 2 is 1.94 bits per heavy atom. The molecule has 0 aliphatic heterocycles. The third-order valence-corrected chi connectivity index (χ3v) is 3.97. The van der Waals surface area contributed by atoms with E-state index in [9.17, 15) is 5.11 Å². The summed E-state index contributed by atoms with van der Waals surface area (Å²) in [6.45, 7) is 2.14. The zero-order valence-electron chi connectivity index (χ0n) is 9.55. The Hall–Kier alpha value is -0.400. The lowest BCUT2D eigenvalue weighted by molar-refractivity contribution is 0.340. The molecule has 0 aromatic heterocycles. The number of phenols is 1. The topological polar surface area (TPSA) is 20.2 Å². The van der Waals surface area contributed by atoms with Crippen LogP contribution in [0.15, 0.2) is 24.3 Å². The summed E-state index contributed by atoms with van der Waals surface area (Å²) < 4.78 is 0. The molecule has 0 spiro atoms. The molecule has 0 radical (unpaired) electrons. The highest BCUT2D eigenvalue weighted by Gasteiger charge is 2.27. The van der Waals surface area contributed by atoms with Crippen molar-refractivity contribution in [1.29, 1.82) is 0 Å². The minimum absolute atomic E-state index is 0.0499. The van der Waals surface area contributed by atoms with Gasteiger partial charge in [0.25, 0.3) is 0 Å². The molecule has 1 nitrogen and oxygen atoms in total. The van der Waals surface area contributed by atoms with Crippen molar-refractivity contribution in [2.75, 3.05) is 11.8 Å². The number of phenolic OH excluding ortho intramolecular Hbond substituents is 1. The Bertz CT molecular complexity index is 321. The predicted molar refractivity (Wildman–Crippen MR) is 70.6 cm³/mol. The number of hydrogen-bond donors (Lipinski definition) is 1. The van der Waals surface area contributed by atoms with E-state index in [0.717, 1.165) is 24.8 Å². The lowest BCUT2D eigenvalue weighted by Crippen LogP contribution is -2.27. The zero-order chi connectivity index (χ0) is 12.0. The molecule has 0 fully saturated rings. The van der Waals surface area contributed by atoms with E-state index in [4.69, 9.17) is 23.2 Å². The van der Waals surface area contributed by atoms with E-state index < -0.39 is 0 Å². The number of alkyl halides is 2. The summed E-state index contributed by atoms with van der Waals surface area (Å²) in [7, 11) is 0. The predicted octanol–water partition coefficient (Wildman–Crippen LogP) is 4.20. The fourth-order valence-electron chi connectivity index (χ4n) is 1.98. The van der Waals surface area contributed by atoms with Gasteiger partial charge in [0, 0.05) is 17.2 Å². The molecule has 90 valence electrons. The molecule has 0 heterocycles. The number of hydrogen-bond acceptors (Lipinski definition) is 1. The molecule has 16 heavy (non-hydrogen) atoms. The van der Waals surface area contributed by atoms with E-state index >= 15 is 0 Å². The van der Waals surface area contributed by atoms with Gasteiger partial charge in [-0.05, 0) is 30.5 Å². The highest BCUT2D eigenvalue weighted by Crippen LogP contribution is 2.32. The van der Waals surface area contributed by atoms with Gasteiger partial charge < -0.3 is 5.11 Å². The molecule has 1 aromatic carbocycles. The second-order valence-corrected chi connectivity index (χ2v) is 4.90. The van der Waals surface area contributed by atoms with Gasteiger partial charge >= 0.3 is 0 Å². The van der Waals surface area contributed by atoms with Gasteiger partial charge in [0.1, 0.15) is 5.75 Å². The first-order chi connectivity index (χ1) is 7.65. The van der Waals surface area contributed by atoms with Crippen LogP contribution in [0.2, 0.25) is 0 Å². The van der Waals surface area contributed by atoms with Crippen LogP contribution in [0.4, 0.5) is 0 Å². The van der Waals surface area contributed by atoms with Crippen molar-refractivity contribution in [2.45, 2.75) is 26.2 Å². The molecule has 0 atom stereocenters. The molecule has 0 saturated heterocycles. The smallest absolute Gasteiger partial charge is 0.115 e. The van der Waals surface area contributed by atoms with Gasteiger partial charge in [0.05, 0.1) is 0 Å². The number of rotatable bonds is 6. The van der Waals surface area contributed by atoms with Crippen molar-refractivity contribution in [3.8, 4) is 5.75 Å². The van der Waals surface area contributed by atoms with Gasteiger partial charge in [0.15, 0.2) is 0 Å². The van der Waals surface area contributed by atoms with Crippen LogP contribution in [0.25, 0.3) is 0 Å². The van der Waals surface area contributed by atoms with Gasteiger partial charge in [-0.15, -0.1) is 23.2 Å². The van der Waals surface area contributed by atoms with Crippen molar-refractivity contribution in [3.05, 3.63) is 29.8 Å². The van der Waals surface area contributed by atoms with Crippen LogP contribution in [0.1, 0.15) is 25.3 Å². The highest BCUT2D eigenvalue weighted by atomic mass is 35.5. The summed E-state index contributed by atoms with van der Waals surface area (Å²) in [5.41, 5.74) is 1.04. The fraction of sp³-hybridized carbons (Fsp3) is 0.538. The largest absolute Gasteiger partial charge is 0.508 e. The number of halogens is 2.